The Bertz CT molecular complexity index is 805. The average molecular weight is 275 g/mol. The molecule has 0 spiro atoms. The Labute approximate surface area is 124 Å². The van der Waals surface area contributed by atoms with E-state index in [1.165, 1.54) is 5.56 Å². The van der Waals surface area contributed by atoms with Crippen LogP contribution in [0.4, 0.5) is 0 Å². The standard InChI is InChI=1S/C18H17N3/c1-13(2)9-15-3-6-16-12-20-21(18(16)10-15)17-7-4-14(11-19)5-8-17/h3-8,10,12-13H,9H2,1-2H3. The Hall–Kier alpha value is -2.60. The summed E-state index contributed by atoms with van der Waals surface area (Å²) in [5, 5.41) is 14.5. The van der Waals surface area contributed by atoms with E-state index < -0.39 is 0 Å². The van der Waals surface area contributed by atoms with Crippen molar-refractivity contribution in [2.24, 2.45) is 5.92 Å². The first kappa shape index (κ1) is 13.4. The normalized spacial score (nSPS) is 11.0. The van der Waals surface area contributed by atoms with E-state index in [1.54, 1.807) is 0 Å². The average Bonchev–Trinajstić information content (AvgIpc) is 2.90. The van der Waals surface area contributed by atoms with Crippen molar-refractivity contribution in [1.82, 2.24) is 9.78 Å². The molecular formula is C18H17N3. The third-order valence-corrected chi connectivity index (χ3v) is 3.52. The van der Waals surface area contributed by atoms with E-state index in [9.17, 15) is 0 Å². The third-order valence-electron chi connectivity index (χ3n) is 3.52. The number of hydrogen-bond donors (Lipinski definition) is 0. The fourth-order valence-electron chi connectivity index (χ4n) is 2.55. The molecule has 0 saturated heterocycles. The van der Waals surface area contributed by atoms with Gasteiger partial charge in [0.1, 0.15) is 0 Å². The van der Waals surface area contributed by atoms with Crippen molar-refractivity contribution in [3.63, 3.8) is 0 Å². The molecule has 0 bridgehead atoms. The van der Waals surface area contributed by atoms with E-state index in [4.69, 9.17) is 5.26 Å². The number of fused-ring (bicyclic) bond motifs is 1. The monoisotopic (exact) mass is 275 g/mol. The summed E-state index contributed by atoms with van der Waals surface area (Å²) in [5.41, 5.74) is 4.08. The predicted molar refractivity (Wildman–Crippen MR) is 84.3 cm³/mol. The van der Waals surface area contributed by atoms with Crippen LogP contribution in [0.5, 0.6) is 0 Å². The molecule has 2 aromatic carbocycles. The van der Waals surface area contributed by atoms with Gasteiger partial charge in [0, 0.05) is 5.39 Å². The highest BCUT2D eigenvalue weighted by molar-refractivity contribution is 5.81. The number of nitriles is 1. The maximum Gasteiger partial charge on any atom is 0.0991 e. The van der Waals surface area contributed by atoms with Gasteiger partial charge in [-0.3, -0.25) is 0 Å². The van der Waals surface area contributed by atoms with Gasteiger partial charge in [-0.05, 0) is 48.2 Å². The smallest absolute Gasteiger partial charge is 0.0991 e. The molecule has 1 heterocycles. The molecule has 21 heavy (non-hydrogen) atoms. The molecule has 0 aliphatic heterocycles. The van der Waals surface area contributed by atoms with Gasteiger partial charge in [0.05, 0.1) is 29.0 Å². The van der Waals surface area contributed by atoms with Crippen LogP contribution < -0.4 is 0 Å². The number of nitrogens with zero attached hydrogens (tertiary/aromatic N) is 3. The molecule has 3 nitrogen and oxygen atoms in total. The highest BCUT2D eigenvalue weighted by Crippen LogP contribution is 2.21. The second kappa shape index (κ2) is 5.41. The second-order valence-corrected chi connectivity index (χ2v) is 5.71. The minimum atomic E-state index is 0.633. The van der Waals surface area contributed by atoms with E-state index in [0.29, 0.717) is 11.5 Å². The van der Waals surface area contributed by atoms with Crippen molar-refractivity contribution in [1.29, 1.82) is 5.26 Å². The predicted octanol–water partition coefficient (Wildman–Crippen LogP) is 4.10. The fraction of sp³-hybridized carbons (Fsp3) is 0.222. The lowest BCUT2D eigenvalue weighted by Gasteiger charge is -2.07. The Morgan fingerprint density at radius 1 is 1.14 bits per heavy atom. The van der Waals surface area contributed by atoms with E-state index in [1.807, 2.05) is 35.1 Å². The second-order valence-electron chi connectivity index (χ2n) is 5.71. The van der Waals surface area contributed by atoms with Gasteiger partial charge in [0.2, 0.25) is 0 Å². The summed E-state index contributed by atoms with van der Waals surface area (Å²) in [5.74, 6) is 0.633. The van der Waals surface area contributed by atoms with Crippen LogP contribution in [0.3, 0.4) is 0 Å². The molecule has 0 aliphatic carbocycles. The highest BCUT2D eigenvalue weighted by Gasteiger charge is 2.07. The van der Waals surface area contributed by atoms with Crippen molar-refractivity contribution >= 4 is 10.9 Å². The number of benzene rings is 2. The van der Waals surface area contributed by atoms with Gasteiger partial charge in [-0.1, -0.05) is 26.0 Å². The zero-order chi connectivity index (χ0) is 14.8. The molecular weight excluding hydrogens is 258 g/mol. The summed E-state index contributed by atoms with van der Waals surface area (Å²) in [4.78, 5) is 0. The van der Waals surface area contributed by atoms with Crippen LogP contribution in [0.1, 0.15) is 25.0 Å². The van der Waals surface area contributed by atoms with Gasteiger partial charge in [0.15, 0.2) is 0 Å². The molecule has 0 aliphatic rings. The molecule has 0 saturated carbocycles. The summed E-state index contributed by atoms with van der Waals surface area (Å²) in [6, 6.07) is 16.1. The summed E-state index contributed by atoms with van der Waals surface area (Å²) in [6.45, 7) is 4.45. The molecule has 0 unspecified atom stereocenters. The van der Waals surface area contributed by atoms with Gasteiger partial charge >= 0.3 is 0 Å². The Balaban J connectivity index is 2.07. The quantitative estimate of drug-likeness (QED) is 0.722. The van der Waals surface area contributed by atoms with Crippen molar-refractivity contribution in [3.8, 4) is 11.8 Å². The maximum atomic E-state index is 8.88. The fourth-order valence-corrected chi connectivity index (χ4v) is 2.55. The van der Waals surface area contributed by atoms with E-state index >= 15 is 0 Å². The van der Waals surface area contributed by atoms with Gasteiger partial charge < -0.3 is 0 Å². The maximum absolute atomic E-state index is 8.88. The first-order valence-corrected chi connectivity index (χ1v) is 7.14. The van der Waals surface area contributed by atoms with Crippen LogP contribution in [-0.2, 0) is 6.42 Å². The largest absolute Gasteiger partial charge is 0.233 e. The van der Waals surface area contributed by atoms with Gasteiger partial charge in [-0.15, -0.1) is 0 Å². The van der Waals surface area contributed by atoms with Gasteiger partial charge in [-0.2, -0.15) is 10.4 Å². The van der Waals surface area contributed by atoms with Gasteiger partial charge in [-0.25, -0.2) is 4.68 Å². The molecule has 3 heteroatoms. The number of hydrogen-bond acceptors (Lipinski definition) is 2. The summed E-state index contributed by atoms with van der Waals surface area (Å²) in [7, 11) is 0. The summed E-state index contributed by atoms with van der Waals surface area (Å²) < 4.78 is 1.93. The number of rotatable bonds is 3. The van der Waals surface area contributed by atoms with Crippen LogP contribution in [0.2, 0.25) is 0 Å². The number of aromatic nitrogens is 2. The molecule has 0 fully saturated rings. The van der Waals surface area contributed by atoms with E-state index in [2.05, 4.69) is 43.2 Å². The Kier molecular flexibility index (Phi) is 3.45. The topological polar surface area (TPSA) is 41.6 Å². The van der Waals surface area contributed by atoms with Crippen LogP contribution in [0.25, 0.3) is 16.6 Å². The van der Waals surface area contributed by atoms with Crippen molar-refractivity contribution in [3.05, 3.63) is 59.8 Å². The van der Waals surface area contributed by atoms with E-state index in [-0.39, 0.29) is 0 Å². The molecule has 0 radical (unpaired) electrons. The zero-order valence-corrected chi connectivity index (χ0v) is 12.2. The first-order valence-electron chi connectivity index (χ1n) is 7.14. The zero-order valence-electron chi connectivity index (χ0n) is 12.2. The molecule has 0 amide bonds. The highest BCUT2D eigenvalue weighted by atomic mass is 15.3. The SMILES string of the molecule is CC(C)Cc1ccc2cnn(-c3ccc(C#N)cc3)c2c1. The lowest BCUT2D eigenvalue weighted by atomic mass is 10.0. The van der Waals surface area contributed by atoms with Crippen LogP contribution >= 0.6 is 0 Å². The van der Waals surface area contributed by atoms with Crippen LogP contribution in [-0.4, -0.2) is 9.78 Å². The summed E-state index contributed by atoms with van der Waals surface area (Å²) >= 11 is 0. The Morgan fingerprint density at radius 3 is 2.57 bits per heavy atom. The first-order chi connectivity index (χ1) is 10.2. The minimum Gasteiger partial charge on any atom is -0.233 e. The molecule has 1 aromatic heterocycles. The molecule has 104 valence electrons. The van der Waals surface area contributed by atoms with Crippen LogP contribution in [0.15, 0.2) is 48.7 Å². The van der Waals surface area contributed by atoms with Crippen molar-refractivity contribution < 1.29 is 0 Å². The molecule has 3 aromatic rings. The molecule has 3 rings (SSSR count). The summed E-state index contributed by atoms with van der Waals surface area (Å²) in [6.07, 6.45) is 2.95. The molecule has 0 N–H and O–H groups in total. The third kappa shape index (κ3) is 2.66. The van der Waals surface area contributed by atoms with Crippen molar-refractivity contribution in [2.45, 2.75) is 20.3 Å². The van der Waals surface area contributed by atoms with Gasteiger partial charge in [0.25, 0.3) is 0 Å². The van der Waals surface area contributed by atoms with Crippen molar-refractivity contribution in [2.75, 3.05) is 0 Å². The lowest BCUT2D eigenvalue weighted by Crippen LogP contribution is -1.98. The lowest BCUT2D eigenvalue weighted by molar-refractivity contribution is 0.647. The minimum absolute atomic E-state index is 0.633. The van der Waals surface area contributed by atoms with Crippen LogP contribution in [0, 0.1) is 17.2 Å². The Morgan fingerprint density at radius 2 is 1.90 bits per heavy atom. The van der Waals surface area contributed by atoms with E-state index in [0.717, 1.165) is 23.0 Å². The molecule has 0 atom stereocenters.